The van der Waals surface area contributed by atoms with Gasteiger partial charge in [0.2, 0.25) is 5.91 Å². The normalized spacial score (nSPS) is 16.2. The molecule has 6 heteroatoms. The maximum Gasteiger partial charge on any atom is 0.257 e. The fraction of sp³-hybridized carbons (Fsp3) is 0.467. The first-order valence-corrected chi connectivity index (χ1v) is 8.55. The summed E-state index contributed by atoms with van der Waals surface area (Å²) >= 11 is 7.23. The third-order valence-corrected chi connectivity index (χ3v) is 4.69. The molecule has 0 atom stereocenters. The minimum absolute atomic E-state index is 0.0483. The Morgan fingerprint density at radius 3 is 3.00 bits per heavy atom. The van der Waals surface area contributed by atoms with Gasteiger partial charge in [0.15, 0.2) is 5.58 Å². The van der Waals surface area contributed by atoms with E-state index < -0.39 is 0 Å². The van der Waals surface area contributed by atoms with E-state index in [0.717, 1.165) is 18.4 Å². The molecule has 1 fully saturated rings. The van der Waals surface area contributed by atoms with E-state index in [1.807, 2.05) is 0 Å². The van der Waals surface area contributed by atoms with Gasteiger partial charge in [0.1, 0.15) is 5.52 Å². The van der Waals surface area contributed by atoms with Crippen LogP contribution in [0.1, 0.15) is 32.1 Å². The Balaban J connectivity index is 1.54. The quantitative estimate of drug-likeness (QED) is 0.863. The van der Waals surface area contributed by atoms with Crippen LogP contribution in [0.15, 0.2) is 27.8 Å². The van der Waals surface area contributed by atoms with Crippen LogP contribution in [0.4, 0.5) is 0 Å². The zero-order valence-corrected chi connectivity index (χ0v) is 13.2. The van der Waals surface area contributed by atoms with Crippen LogP contribution < -0.4 is 5.32 Å². The molecule has 3 rings (SSSR count). The lowest BCUT2D eigenvalue weighted by Gasteiger charge is -2.22. The molecule has 21 heavy (non-hydrogen) atoms. The molecular formula is C15H17ClN2O2S. The Morgan fingerprint density at radius 2 is 2.19 bits per heavy atom. The van der Waals surface area contributed by atoms with Gasteiger partial charge in [-0.1, -0.05) is 42.6 Å². The van der Waals surface area contributed by atoms with Crippen LogP contribution >= 0.6 is 23.4 Å². The first kappa shape index (κ1) is 14.7. The second-order valence-electron chi connectivity index (χ2n) is 5.28. The summed E-state index contributed by atoms with van der Waals surface area (Å²) in [5.41, 5.74) is 1.41. The number of amides is 1. The van der Waals surface area contributed by atoms with Crippen LogP contribution in [-0.2, 0) is 4.79 Å². The largest absolute Gasteiger partial charge is 0.431 e. The van der Waals surface area contributed by atoms with E-state index in [1.54, 1.807) is 18.2 Å². The first-order chi connectivity index (χ1) is 10.2. The maximum atomic E-state index is 11.9. The fourth-order valence-electron chi connectivity index (χ4n) is 2.58. The molecule has 4 nitrogen and oxygen atoms in total. The molecular weight excluding hydrogens is 308 g/mol. The molecule has 1 amide bonds. The summed E-state index contributed by atoms with van der Waals surface area (Å²) in [7, 11) is 0. The smallest absolute Gasteiger partial charge is 0.257 e. The predicted molar refractivity (Wildman–Crippen MR) is 84.8 cm³/mol. The van der Waals surface area contributed by atoms with Crippen molar-refractivity contribution < 1.29 is 9.21 Å². The molecule has 0 bridgehead atoms. The van der Waals surface area contributed by atoms with Crippen molar-refractivity contribution in [3.05, 3.63) is 23.2 Å². The van der Waals surface area contributed by atoms with Gasteiger partial charge in [-0.15, -0.1) is 0 Å². The number of fused-ring (bicyclic) bond motifs is 1. The minimum Gasteiger partial charge on any atom is -0.431 e. The number of hydrogen-bond donors (Lipinski definition) is 1. The molecule has 0 unspecified atom stereocenters. The van der Waals surface area contributed by atoms with Crippen molar-refractivity contribution in [1.82, 2.24) is 10.3 Å². The molecule has 112 valence electrons. The highest BCUT2D eigenvalue weighted by Crippen LogP contribution is 2.25. The van der Waals surface area contributed by atoms with Gasteiger partial charge in [-0.2, -0.15) is 0 Å². The second kappa shape index (κ2) is 6.71. The monoisotopic (exact) mass is 324 g/mol. The van der Waals surface area contributed by atoms with Gasteiger partial charge in [-0.05, 0) is 31.0 Å². The first-order valence-electron chi connectivity index (χ1n) is 7.19. The Kier molecular flexibility index (Phi) is 4.70. The number of hydrogen-bond acceptors (Lipinski definition) is 4. The molecule has 0 radical (unpaired) electrons. The van der Waals surface area contributed by atoms with Crippen molar-refractivity contribution in [3.8, 4) is 0 Å². The van der Waals surface area contributed by atoms with E-state index in [-0.39, 0.29) is 5.91 Å². The van der Waals surface area contributed by atoms with Gasteiger partial charge in [0.05, 0.1) is 5.75 Å². The van der Waals surface area contributed by atoms with Crippen LogP contribution in [0, 0.1) is 0 Å². The third-order valence-electron chi connectivity index (χ3n) is 3.63. The molecule has 1 aromatic heterocycles. The summed E-state index contributed by atoms with van der Waals surface area (Å²) in [5.74, 6) is 0.379. The van der Waals surface area contributed by atoms with E-state index in [9.17, 15) is 4.79 Å². The van der Waals surface area contributed by atoms with Crippen LogP contribution in [0.2, 0.25) is 5.02 Å². The molecule has 1 aliphatic rings. The number of halogens is 1. The third kappa shape index (κ3) is 3.92. The Labute approximate surface area is 132 Å². The number of aromatic nitrogens is 1. The highest BCUT2D eigenvalue weighted by atomic mass is 35.5. The van der Waals surface area contributed by atoms with Gasteiger partial charge in [-0.3, -0.25) is 4.79 Å². The highest BCUT2D eigenvalue weighted by molar-refractivity contribution is 7.99. The number of oxazole rings is 1. The van der Waals surface area contributed by atoms with Crippen LogP contribution in [0.3, 0.4) is 0 Å². The number of rotatable bonds is 4. The van der Waals surface area contributed by atoms with Crippen LogP contribution in [-0.4, -0.2) is 22.7 Å². The van der Waals surface area contributed by atoms with Crippen molar-refractivity contribution >= 4 is 40.4 Å². The molecule has 0 saturated heterocycles. The summed E-state index contributed by atoms with van der Waals surface area (Å²) in [4.78, 5) is 16.3. The number of carbonyl (C=O) groups excluding carboxylic acids is 1. The molecule has 1 saturated carbocycles. The van der Waals surface area contributed by atoms with E-state index in [4.69, 9.17) is 16.0 Å². The lowest BCUT2D eigenvalue weighted by atomic mass is 9.95. The number of nitrogens with zero attached hydrogens (tertiary/aromatic N) is 1. The Bertz CT molecular complexity index is 638. The van der Waals surface area contributed by atoms with Gasteiger partial charge in [0.25, 0.3) is 5.22 Å². The van der Waals surface area contributed by atoms with Gasteiger partial charge < -0.3 is 9.73 Å². The predicted octanol–water partition coefficient (Wildman–Crippen LogP) is 4.02. The molecule has 1 N–H and O–H groups in total. The molecule has 0 aliphatic heterocycles. The number of thioether (sulfide) groups is 1. The fourth-order valence-corrected chi connectivity index (χ4v) is 3.40. The average molecular weight is 325 g/mol. The van der Waals surface area contributed by atoms with Crippen LogP contribution in [0.25, 0.3) is 11.1 Å². The van der Waals surface area contributed by atoms with E-state index in [1.165, 1.54) is 31.0 Å². The van der Waals surface area contributed by atoms with Crippen molar-refractivity contribution in [1.29, 1.82) is 0 Å². The summed E-state index contributed by atoms with van der Waals surface area (Å²) in [6, 6.07) is 5.65. The molecule has 0 spiro atoms. The zero-order chi connectivity index (χ0) is 14.7. The topological polar surface area (TPSA) is 55.1 Å². The highest BCUT2D eigenvalue weighted by Gasteiger charge is 2.16. The minimum atomic E-state index is 0.0483. The van der Waals surface area contributed by atoms with Crippen molar-refractivity contribution in [2.24, 2.45) is 0 Å². The lowest BCUT2D eigenvalue weighted by Crippen LogP contribution is -2.37. The van der Waals surface area contributed by atoms with Gasteiger partial charge >= 0.3 is 0 Å². The number of nitrogens with one attached hydrogen (secondary N) is 1. The Morgan fingerprint density at radius 1 is 1.38 bits per heavy atom. The molecule has 1 heterocycles. The summed E-state index contributed by atoms with van der Waals surface area (Å²) < 4.78 is 5.58. The van der Waals surface area contributed by atoms with Gasteiger partial charge in [-0.25, -0.2) is 4.98 Å². The van der Waals surface area contributed by atoms with Crippen molar-refractivity contribution in [3.63, 3.8) is 0 Å². The van der Waals surface area contributed by atoms with E-state index in [0.29, 0.717) is 27.6 Å². The summed E-state index contributed by atoms with van der Waals surface area (Å²) in [5, 5.41) is 4.21. The molecule has 1 aliphatic carbocycles. The Hall–Kier alpha value is -1.20. The van der Waals surface area contributed by atoms with E-state index >= 15 is 0 Å². The molecule has 2 aromatic rings. The zero-order valence-electron chi connectivity index (χ0n) is 11.6. The maximum absolute atomic E-state index is 11.9. The number of carbonyl (C=O) groups is 1. The van der Waals surface area contributed by atoms with Crippen molar-refractivity contribution in [2.45, 2.75) is 43.4 Å². The molecule has 1 aromatic carbocycles. The van der Waals surface area contributed by atoms with Crippen molar-refractivity contribution in [2.75, 3.05) is 5.75 Å². The second-order valence-corrected chi connectivity index (χ2v) is 6.65. The average Bonchev–Trinajstić information content (AvgIpc) is 2.88. The lowest BCUT2D eigenvalue weighted by molar-refractivity contribution is -0.119. The van der Waals surface area contributed by atoms with Gasteiger partial charge in [0, 0.05) is 11.1 Å². The summed E-state index contributed by atoms with van der Waals surface area (Å²) in [6.45, 7) is 0. The number of benzene rings is 1. The van der Waals surface area contributed by atoms with E-state index in [2.05, 4.69) is 10.3 Å². The van der Waals surface area contributed by atoms with Crippen LogP contribution in [0.5, 0.6) is 0 Å². The standard InChI is InChI=1S/C15H17ClN2O2S/c16-10-6-7-13-12(8-10)18-15(20-13)21-9-14(19)17-11-4-2-1-3-5-11/h6-8,11H,1-5,9H2,(H,17,19). The SMILES string of the molecule is O=C(CSc1nc2cc(Cl)ccc2o1)NC1CCCCC1. The summed E-state index contributed by atoms with van der Waals surface area (Å²) in [6.07, 6.45) is 5.90.